The van der Waals surface area contributed by atoms with Crippen LogP contribution in [0.25, 0.3) is 0 Å². The van der Waals surface area contributed by atoms with Crippen LogP contribution in [0.1, 0.15) is 36.8 Å². The first kappa shape index (κ1) is 13.0. The molecule has 1 aromatic rings. The molecule has 0 N–H and O–H groups in total. The fourth-order valence-electron chi connectivity index (χ4n) is 2.40. The predicted octanol–water partition coefficient (Wildman–Crippen LogP) is 1.49. The Morgan fingerprint density at radius 3 is 3.11 bits per heavy atom. The molecular formula is C13H19N3O2. The van der Waals surface area contributed by atoms with Gasteiger partial charge in [-0.1, -0.05) is 0 Å². The molecule has 0 spiro atoms. The summed E-state index contributed by atoms with van der Waals surface area (Å²) >= 11 is 0. The molecule has 2 heterocycles. The Morgan fingerprint density at radius 2 is 2.39 bits per heavy atom. The van der Waals surface area contributed by atoms with E-state index in [2.05, 4.69) is 9.97 Å². The first-order valence-corrected chi connectivity index (χ1v) is 6.30. The molecule has 1 fully saturated rings. The van der Waals surface area contributed by atoms with Gasteiger partial charge in [-0.05, 0) is 32.3 Å². The van der Waals surface area contributed by atoms with Crippen LogP contribution in [0, 0.1) is 6.92 Å². The average molecular weight is 249 g/mol. The second-order valence-electron chi connectivity index (χ2n) is 4.56. The van der Waals surface area contributed by atoms with E-state index in [9.17, 15) is 4.79 Å². The zero-order chi connectivity index (χ0) is 13.0. The number of ether oxygens (including phenoxy) is 1. The van der Waals surface area contributed by atoms with Crippen LogP contribution < -0.4 is 0 Å². The highest BCUT2D eigenvalue weighted by atomic mass is 16.5. The Kier molecular flexibility index (Phi) is 4.25. The summed E-state index contributed by atoms with van der Waals surface area (Å²) in [5, 5.41) is 0. The van der Waals surface area contributed by atoms with E-state index in [-0.39, 0.29) is 18.6 Å². The van der Waals surface area contributed by atoms with Gasteiger partial charge in [-0.3, -0.25) is 4.79 Å². The van der Waals surface area contributed by atoms with Crippen LogP contribution in [0.3, 0.4) is 0 Å². The summed E-state index contributed by atoms with van der Waals surface area (Å²) in [6.45, 7) is 2.80. The summed E-state index contributed by atoms with van der Waals surface area (Å²) in [6.07, 6.45) is 4.90. The van der Waals surface area contributed by atoms with Crippen molar-refractivity contribution in [3.63, 3.8) is 0 Å². The lowest BCUT2D eigenvalue weighted by Gasteiger charge is -2.35. The van der Waals surface area contributed by atoms with Crippen LogP contribution in [0.5, 0.6) is 0 Å². The fourth-order valence-corrected chi connectivity index (χ4v) is 2.40. The molecule has 1 amide bonds. The molecule has 1 aromatic heterocycles. The zero-order valence-electron chi connectivity index (χ0n) is 10.9. The number of aromatic nitrogens is 2. The Bertz CT molecular complexity index is 422. The van der Waals surface area contributed by atoms with E-state index in [1.807, 2.05) is 17.9 Å². The van der Waals surface area contributed by atoms with Crippen molar-refractivity contribution in [3.05, 3.63) is 23.8 Å². The number of carbonyl (C=O) groups excluding carboxylic acids is 1. The number of carbonyl (C=O) groups is 1. The quantitative estimate of drug-likeness (QED) is 0.814. The Morgan fingerprint density at radius 1 is 1.56 bits per heavy atom. The Labute approximate surface area is 107 Å². The van der Waals surface area contributed by atoms with Gasteiger partial charge in [0.25, 0.3) is 0 Å². The maximum atomic E-state index is 12.0. The standard InChI is InChI=1S/C13H19N3O2/c1-10-14-7-6-11(15-10)12-5-3-4-8-16(12)13(17)9-18-2/h6-7,12H,3-5,8-9H2,1-2H3. The predicted molar refractivity (Wildman–Crippen MR) is 67.0 cm³/mol. The van der Waals surface area contributed by atoms with Crippen molar-refractivity contribution < 1.29 is 9.53 Å². The SMILES string of the molecule is COCC(=O)N1CCCCC1c1ccnc(C)n1. The number of hydrogen-bond acceptors (Lipinski definition) is 4. The van der Waals surface area contributed by atoms with Gasteiger partial charge < -0.3 is 9.64 Å². The molecule has 0 aromatic carbocycles. The van der Waals surface area contributed by atoms with Gasteiger partial charge in [0, 0.05) is 19.9 Å². The smallest absolute Gasteiger partial charge is 0.249 e. The molecule has 1 unspecified atom stereocenters. The second kappa shape index (κ2) is 5.91. The molecule has 1 atom stereocenters. The van der Waals surface area contributed by atoms with Crippen molar-refractivity contribution in [1.82, 2.24) is 14.9 Å². The van der Waals surface area contributed by atoms with Crippen molar-refractivity contribution in [2.45, 2.75) is 32.2 Å². The van der Waals surface area contributed by atoms with Gasteiger partial charge in [0.05, 0.1) is 11.7 Å². The van der Waals surface area contributed by atoms with Gasteiger partial charge in [-0.2, -0.15) is 0 Å². The molecular weight excluding hydrogens is 230 g/mol. The lowest BCUT2D eigenvalue weighted by Crippen LogP contribution is -2.40. The lowest BCUT2D eigenvalue weighted by molar-refractivity contribution is -0.139. The lowest BCUT2D eigenvalue weighted by atomic mass is 9.99. The number of aryl methyl sites for hydroxylation is 1. The highest BCUT2D eigenvalue weighted by Crippen LogP contribution is 2.29. The summed E-state index contributed by atoms with van der Waals surface area (Å²) in [6, 6.07) is 1.97. The van der Waals surface area contributed by atoms with E-state index in [1.165, 1.54) is 0 Å². The molecule has 0 saturated carbocycles. The van der Waals surface area contributed by atoms with Crippen LogP contribution in [0.2, 0.25) is 0 Å². The molecule has 1 aliphatic rings. The van der Waals surface area contributed by atoms with Crippen molar-refractivity contribution in [2.24, 2.45) is 0 Å². The second-order valence-corrected chi connectivity index (χ2v) is 4.56. The number of piperidine rings is 1. The molecule has 5 heteroatoms. The number of methoxy groups -OCH3 is 1. The van der Waals surface area contributed by atoms with E-state index in [4.69, 9.17) is 4.74 Å². The number of rotatable bonds is 3. The van der Waals surface area contributed by atoms with Crippen LogP contribution in [-0.2, 0) is 9.53 Å². The molecule has 0 aliphatic carbocycles. The fraction of sp³-hybridized carbons (Fsp3) is 0.615. The maximum Gasteiger partial charge on any atom is 0.249 e. The molecule has 0 radical (unpaired) electrons. The first-order chi connectivity index (χ1) is 8.72. The third-order valence-electron chi connectivity index (χ3n) is 3.23. The Balaban J connectivity index is 2.20. The van der Waals surface area contributed by atoms with Gasteiger partial charge in [-0.15, -0.1) is 0 Å². The van der Waals surface area contributed by atoms with E-state index >= 15 is 0 Å². The van der Waals surface area contributed by atoms with Crippen LogP contribution in [0.15, 0.2) is 12.3 Å². The average Bonchev–Trinajstić information content (AvgIpc) is 2.39. The minimum Gasteiger partial charge on any atom is -0.375 e. The van der Waals surface area contributed by atoms with Crippen molar-refractivity contribution in [3.8, 4) is 0 Å². The molecule has 98 valence electrons. The van der Waals surface area contributed by atoms with Gasteiger partial charge in [0.2, 0.25) is 5.91 Å². The largest absolute Gasteiger partial charge is 0.375 e. The van der Waals surface area contributed by atoms with Crippen LogP contribution >= 0.6 is 0 Å². The molecule has 1 saturated heterocycles. The maximum absolute atomic E-state index is 12.0. The highest BCUT2D eigenvalue weighted by Gasteiger charge is 2.28. The zero-order valence-corrected chi connectivity index (χ0v) is 10.9. The molecule has 2 rings (SSSR count). The van der Waals surface area contributed by atoms with Crippen molar-refractivity contribution in [1.29, 1.82) is 0 Å². The minimum atomic E-state index is 0.0402. The van der Waals surface area contributed by atoms with Crippen molar-refractivity contribution in [2.75, 3.05) is 20.3 Å². The normalized spacial score (nSPS) is 19.9. The van der Waals surface area contributed by atoms with Gasteiger partial charge >= 0.3 is 0 Å². The summed E-state index contributed by atoms with van der Waals surface area (Å²) in [5.41, 5.74) is 0.937. The third-order valence-corrected chi connectivity index (χ3v) is 3.23. The van der Waals surface area contributed by atoms with Gasteiger partial charge in [0.15, 0.2) is 0 Å². The summed E-state index contributed by atoms with van der Waals surface area (Å²) in [5.74, 6) is 0.788. The van der Waals surface area contributed by atoms with Crippen molar-refractivity contribution >= 4 is 5.91 Å². The summed E-state index contributed by atoms with van der Waals surface area (Å²) in [4.78, 5) is 22.5. The number of likely N-dealkylation sites (tertiary alicyclic amines) is 1. The monoisotopic (exact) mass is 249 g/mol. The summed E-state index contributed by atoms with van der Waals surface area (Å²) in [7, 11) is 1.55. The van der Waals surface area contributed by atoms with E-state index < -0.39 is 0 Å². The number of amides is 1. The van der Waals surface area contributed by atoms with Crippen LogP contribution in [0.4, 0.5) is 0 Å². The molecule has 18 heavy (non-hydrogen) atoms. The number of hydrogen-bond donors (Lipinski definition) is 0. The van der Waals surface area contributed by atoms with Gasteiger partial charge in [-0.25, -0.2) is 9.97 Å². The summed E-state index contributed by atoms with van der Waals surface area (Å²) < 4.78 is 4.94. The Hall–Kier alpha value is -1.49. The first-order valence-electron chi connectivity index (χ1n) is 6.30. The third kappa shape index (κ3) is 2.85. The van der Waals surface area contributed by atoms with E-state index in [0.29, 0.717) is 0 Å². The van der Waals surface area contributed by atoms with Gasteiger partial charge in [0.1, 0.15) is 12.4 Å². The molecule has 1 aliphatic heterocycles. The van der Waals surface area contributed by atoms with Crippen LogP contribution in [-0.4, -0.2) is 41.0 Å². The topological polar surface area (TPSA) is 55.3 Å². The van der Waals surface area contributed by atoms with E-state index in [0.717, 1.165) is 37.3 Å². The highest BCUT2D eigenvalue weighted by molar-refractivity contribution is 5.78. The minimum absolute atomic E-state index is 0.0402. The number of nitrogens with zero attached hydrogens (tertiary/aromatic N) is 3. The molecule has 5 nitrogen and oxygen atoms in total. The molecule has 0 bridgehead atoms. The van der Waals surface area contributed by atoms with E-state index in [1.54, 1.807) is 13.3 Å².